The fourth-order valence-electron chi connectivity index (χ4n) is 1.44. The van der Waals surface area contributed by atoms with Crippen molar-refractivity contribution in [2.75, 3.05) is 7.11 Å². The van der Waals surface area contributed by atoms with E-state index < -0.39 is 6.09 Å². The first-order chi connectivity index (χ1) is 7.56. The Kier molecular flexibility index (Phi) is 5.01. The molecule has 5 heteroatoms. The maximum absolute atomic E-state index is 10.7. The van der Waals surface area contributed by atoms with Gasteiger partial charge < -0.3 is 15.2 Å². The zero-order valence-corrected chi connectivity index (χ0v) is 11.3. The summed E-state index contributed by atoms with van der Waals surface area (Å²) < 4.78 is 6.21. The molecule has 1 amide bonds. The first-order valence-corrected chi connectivity index (χ1v) is 5.90. The molecule has 0 saturated carbocycles. The molecule has 0 bridgehead atoms. The zero-order chi connectivity index (χ0) is 12.1. The molecule has 0 saturated heterocycles. The van der Waals surface area contributed by atoms with Gasteiger partial charge in [-0.25, -0.2) is 4.79 Å². The van der Waals surface area contributed by atoms with Gasteiger partial charge in [-0.05, 0) is 41.1 Å². The van der Waals surface area contributed by atoms with Crippen LogP contribution >= 0.6 is 22.6 Å². The number of carboxylic acid groups (broad SMARTS) is 1. The second-order valence-electron chi connectivity index (χ2n) is 3.39. The van der Waals surface area contributed by atoms with Crippen LogP contribution in [0.15, 0.2) is 24.3 Å². The lowest BCUT2D eigenvalue weighted by Crippen LogP contribution is -2.35. The van der Waals surface area contributed by atoms with Gasteiger partial charge in [0.1, 0.15) is 0 Å². The van der Waals surface area contributed by atoms with E-state index >= 15 is 0 Å². The Balaban J connectivity index is 3.01. The minimum atomic E-state index is -1.05. The summed E-state index contributed by atoms with van der Waals surface area (Å²) >= 11 is 2.18. The van der Waals surface area contributed by atoms with E-state index in [1.54, 1.807) is 7.11 Å². The normalized spacial score (nSPS) is 14.2. The third-order valence-electron chi connectivity index (χ3n) is 2.36. The molecular formula is C11H14INO3. The molecule has 1 aromatic rings. The highest BCUT2D eigenvalue weighted by molar-refractivity contribution is 14.1. The number of carbonyl (C=O) groups is 1. The predicted molar refractivity (Wildman–Crippen MR) is 69.5 cm³/mol. The van der Waals surface area contributed by atoms with Crippen molar-refractivity contribution in [3.05, 3.63) is 33.4 Å². The SMILES string of the molecule is COC(C)C(NC(=O)O)c1ccccc1I. The number of hydrogen-bond acceptors (Lipinski definition) is 2. The number of halogens is 1. The highest BCUT2D eigenvalue weighted by Crippen LogP contribution is 2.23. The summed E-state index contributed by atoms with van der Waals surface area (Å²) in [5, 5.41) is 11.3. The summed E-state index contributed by atoms with van der Waals surface area (Å²) in [6, 6.07) is 7.29. The predicted octanol–water partition coefficient (Wildman–Crippen LogP) is 2.63. The van der Waals surface area contributed by atoms with E-state index in [2.05, 4.69) is 27.9 Å². The lowest BCUT2D eigenvalue weighted by atomic mass is 10.0. The van der Waals surface area contributed by atoms with Gasteiger partial charge in [0, 0.05) is 10.7 Å². The van der Waals surface area contributed by atoms with E-state index in [9.17, 15) is 4.79 Å². The molecular weight excluding hydrogens is 321 g/mol. The second-order valence-corrected chi connectivity index (χ2v) is 4.55. The third-order valence-corrected chi connectivity index (χ3v) is 3.34. The van der Waals surface area contributed by atoms with Crippen molar-refractivity contribution in [3.63, 3.8) is 0 Å². The Hall–Kier alpha value is -0.820. The van der Waals surface area contributed by atoms with Crippen LogP contribution in [0.4, 0.5) is 4.79 Å². The smallest absolute Gasteiger partial charge is 0.405 e. The lowest BCUT2D eigenvalue weighted by Gasteiger charge is -2.24. The van der Waals surface area contributed by atoms with Crippen molar-refractivity contribution in [1.29, 1.82) is 0 Å². The van der Waals surface area contributed by atoms with Crippen molar-refractivity contribution in [2.45, 2.75) is 19.1 Å². The highest BCUT2D eigenvalue weighted by Gasteiger charge is 2.22. The van der Waals surface area contributed by atoms with Crippen LogP contribution in [0.25, 0.3) is 0 Å². The van der Waals surface area contributed by atoms with Gasteiger partial charge in [-0.2, -0.15) is 0 Å². The minimum Gasteiger partial charge on any atom is -0.465 e. The summed E-state index contributed by atoms with van der Waals surface area (Å²) in [7, 11) is 1.57. The molecule has 0 aliphatic heterocycles. The van der Waals surface area contributed by atoms with Gasteiger partial charge in [0.05, 0.1) is 12.1 Å². The molecule has 1 rings (SSSR count). The number of benzene rings is 1. The number of amides is 1. The van der Waals surface area contributed by atoms with Gasteiger partial charge in [-0.15, -0.1) is 0 Å². The number of rotatable bonds is 4. The molecule has 1 aromatic carbocycles. The van der Waals surface area contributed by atoms with Crippen LogP contribution in [0.1, 0.15) is 18.5 Å². The van der Waals surface area contributed by atoms with Crippen LogP contribution in [-0.2, 0) is 4.74 Å². The van der Waals surface area contributed by atoms with Crippen LogP contribution in [-0.4, -0.2) is 24.4 Å². The lowest BCUT2D eigenvalue weighted by molar-refractivity contribution is 0.0809. The van der Waals surface area contributed by atoms with Gasteiger partial charge in [0.25, 0.3) is 0 Å². The van der Waals surface area contributed by atoms with Gasteiger partial charge in [0.2, 0.25) is 0 Å². The van der Waals surface area contributed by atoms with Crippen LogP contribution < -0.4 is 5.32 Å². The van der Waals surface area contributed by atoms with E-state index in [-0.39, 0.29) is 12.1 Å². The summed E-state index contributed by atoms with van der Waals surface area (Å²) in [6.45, 7) is 1.84. The Bertz CT molecular complexity index is 370. The van der Waals surface area contributed by atoms with E-state index in [0.717, 1.165) is 9.13 Å². The number of ether oxygens (including phenoxy) is 1. The Morgan fingerprint density at radius 3 is 2.62 bits per heavy atom. The first kappa shape index (κ1) is 13.2. The fraction of sp³-hybridized carbons (Fsp3) is 0.364. The summed E-state index contributed by atoms with van der Waals surface area (Å²) in [5.41, 5.74) is 0.930. The molecule has 0 heterocycles. The Labute approximate surface area is 108 Å². The van der Waals surface area contributed by atoms with Crippen LogP contribution in [0.3, 0.4) is 0 Å². The van der Waals surface area contributed by atoms with E-state index in [1.807, 2.05) is 31.2 Å². The summed E-state index contributed by atoms with van der Waals surface area (Å²) in [4.78, 5) is 10.7. The minimum absolute atomic E-state index is 0.216. The van der Waals surface area contributed by atoms with Crippen molar-refractivity contribution in [3.8, 4) is 0 Å². The molecule has 2 unspecified atom stereocenters. The number of hydrogen-bond donors (Lipinski definition) is 2. The van der Waals surface area contributed by atoms with Gasteiger partial charge in [-0.3, -0.25) is 0 Å². The van der Waals surface area contributed by atoms with Crippen molar-refractivity contribution in [2.24, 2.45) is 0 Å². The molecule has 0 spiro atoms. The van der Waals surface area contributed by atoms with Gasteiger partial charge >= 0.3 is 6.09 Å². The maximum Gasteiger partial charge on any atom is 0.405 e. The summed E-state index contributed by atoms with van der Waals surface area (Å²) in [5.74, 6) is 0. The quantitative estimate of drug-likeness (QED) is 0.832. The molecule has 0 radical (unpaired) electrons. The topological polar surface area (TPSA) is 58.6 Å². The van der Waals surface area contributed by atoms with E-state index in [1.165, 1.54) is 0 Å². The molecule has 2 atom stereocenters. The van der Waals surface area contributed by atoms with Gasteiger partial charge in [-0.1, -0.05) is 18.2 Å². The maximum atomic E-state index is 10.7. The van der Waals surface area contributed by atoms with Crippen LogP contribution in [0.5, 0.6) is 0 Å². The Morgan fingerprint density at radius 1 is 1.50 bits per heavy atom. The van der Waals surface area contributed by atoms with Crippen molar-refractivity contribution >= 4 is 28.7 Å². The standard InChI is InChI=1S/C11H14INO3/c1-7(16-2)10(13-11(14)15)8-5-3-4-6-9(8)12/h3-7,10,13H,1-2H3,(H,14,15). The molecule has 88 valence electrons. The largest absolute Gasteiger partial charge is 0.465 e. The molecule has 0 fully saturated rings. The molecule has 0 aliphatic rings. The summed E-state index contributed by atoms with van der Waals surface area (Å²) in [6.07, 6.45) is -1.26. The molecule has 16 heavy (non-hydrogen) atoms. The molecule has 0 aliphatic carbocycles. The molecule has 2 N–H and O–H groups in total. The Morgan fingerprint density at radius 2 is 2.12 bits per heavy atom. The first-order valence-electron chi connectivity index (χ1n) is 4.83. The molecule has 4 nitrogen and oxygen atoms in total. The van der Waals surface area contributed by atoms with Crippen LogP contribution in [0, 0.1) is 3.57 Å². The average Bonchev–Trinajstić information content (AvgIpc) is 2.26. The van der Waals surface area contributed by atoms with Crippen LogP contribution in [0.2, 0.25) is 0 Å². The van der Waals surface area contributed by atoms with Gasteiger partial charge in [0.15, 0.2) is 0 Å². The van der Waals surface area contributed by atoms with Crippen molar-refractivity contribution in [1.82, 2.24) is 5.32 Å². The monoisotopic (exact) mass is 335 g/mol. The number of methoxy groups -OCH3 is 1. The fourth-order valence-corrected chi connectivity index (χ4v) is 2.17. The average molecular weight is 335 g/mol. The number of nitrogens with one attached hydrogen (secondary N) is 1. The van der Waals surface area contributed by atoms with E-state index in [4.69, 9.17) is 9.84 Å². The molecule has 0 aromatic heterocycles. The highest BCUT2D eigenvalue weighted by atomic mass is 127. The second kappa shape index (κ2) is 6.05. The van der Waals surface area contributed by atoms with E-state index in [0.29, 0.717) is 0 Å². The zero-order valence-electron chi connectivity index (χ0n) is 9.11. The third kappa shape index (κ3) is 3.34. The van der Waals surface area contributed by atoms with Crippen molar-refractivity contribution < 1.29 is 14.6 Å².